The van der Waals surface area contributed by atoms with Gasteiger partial charge in [0.1, 0.15) is 0 Å². The first kappa shape index (κ1) is 12.3. The first-order valence-corrected chi connectivity index (χ1v) is 5.88. The molecule has 17 heavy (non-hydrogen) atoms. The van der Waals surface area contributed by atoms with Crippen LogP contribution >= 0.6 is 23.2 Å². The molecular formula is C12H11Cl2N3. The third-order valence-corrected chi connectivity index (χ3v) is 3.00. The van der Waals surface area contributed by atoms with Gasteiger partial charge in [0.2, 0.25) is 10.6 Å². The monoisotopic (exact) mass is 267 g/mol. The normalized spacial score (nSPS) is 10.6. The van der Waals surface area contributed by atoms with Crippen LogP contribution in [0.4, 0.5) is 0 Å². The van der Waals surface area contributed by atoms with Gasteiger partial charge < -0.3 is 0 Å². The second kappa shape index (κ2) is 4.59. The minimum absolute atomic E-state index is 0.109. The first-order chi connectivity index (χ1) is 7.97. The van der Waals surface area contributed by atoms with Gasteiger partial charge in [0.15, 0.2) is 5.82 Å². The molecule has 2 aromatic rings. The fraction of sp³-hybridized carbons (Fsp3) is 0.250. The third-order valence-electron chi connectivity index (χ3n) is 2.66. The lowest BCUT2D eigenvalue weighted by Crippen LogP contribution is -1.97. The zero-order chi connectivity index (χ0) is 12.6. The van der Waals surface area contributed by atoms with Crippen molar-refractivity contribution in [2.45, 2.75) is 20.8 Å². The van der Waals surface area contributed by atoms with Crippen LogP contribution in [0.5, 0.6) is 0 Å². The van der Waals surface area contributed by atoms with Gasteiger partial charge in [-0.1, -0.05) is 6.07 Å². The highest BCUT2D eigenvalue weighted by molar-refractivity contribution is 6.31. The van der Waals surface area contributed by atoms with Crippen molar-refractivity contribution in [1.29, 1.82) is 0 Å². The fourth-order valence-electron chi connectivity index (χ4n) is 1.65. The van der Waals surface area contributed by atoms with Crippen LogP contribution in [0.25, 0.3) is 11.4 Å². The van der Waals surface area contributed by atoms with Crippen LogP contribution in [0.3, 0.4) is 0 Å². The van der Waals surface area contributed by atoms with Crippen molar-refractivity contribution >= 4 is 23.2 Å². The van der Waals surface area contributed by atoms with Crippen molar-refractivity contribution in [2.24, 2.45) is 0 Å². The fourth-order valence-corrected chi connectivity index (χ4v) is 2.01. The van der Waals surface area contributed by atoms with Gasteiger partial charge in [0.25, 0.3) is 0 Å². The quantitative estimate of drug-likeness (QED) is 0.790. The molecule has 0 radical (unpaired) electrons. The van der Waals surface area contributed by atoms with E-state index >= 15 is 0 Å². The first-order valence-electron chi connectivity index (χ1n) is 5.12. The van der Waals surface area contributed by atoms with E-state index in [0.29, 0.717) is 5.82 Å². The Morgan fingerprint density at radius 2 is 1.29 bits per heavy atom. The molecule has 0 saturated carbocycles. The SMILES string of the molecule is Cc1cc(C)c(-c2nc(Cl)nc(Cl)n2)cc1C. The van der Waals surface area contributed by atoms with E-state index < -0.39 is 0 Å². The van der Waals surface area contributed by atoms with E-state index in [2.05, 4.69) is 27.9 Å². The summed E-state index contributed by atoms with van der Waals surface area (Å²) in [6, 6.07) is 4.13. The van der Waals surface area contributed by atoms with E-state index in [9.17, 15) is 0 Å². The van der Waals surface area contributed by atoms with Crippen LogP contribution in [0.1, 0.15) is 16.7 Å². The second-order valence-electron chi connectivity index (χ2n) is 3.95. The predicted octanol–water partition coefficient (Wildman–Crippen LogP) is 3.77. The summed E-state index contributed by atoms with van der Waals surface area (Å²) in [6.07, 6.45) is 0. The molecule has 0 atom stereocenters. The minimum Gasteiger partial charge on any atom is -0.198 e. The maximum absolute atomic E-state index is 5.78. The van der Waals surface area contributed by atoms with Crippen molar-refractivity contribution in [2.75, 3.05) is 0 Å². The van der Waals surface area contributed by atoms with Gasteiger partial charge in [-0.2, -0.15) is 15.0 Å². The molecule has 0 saturated heterocycles. The second-order valence-corrected chi connectivity index (χ2v) is 4.62. The Labute approximate surface area is 110 Å². The molecule has 1 aromatic carbocycles. The van der Waals surface area contributed by atoms with E-state index in [0.717, 1.165) is 11.1 Å². The van der Waals surface area contributed by atoms with E-state index in [1.165, 1.54) is 11.1 Å². The van der Waals surface area contributed by atoms with Crippen LogP contribution < -0.4 is 0 Å². The maximum Gasteiger partial charge on any atom is 0.227 e. The highest BCUT2D eigenvalue weighted by atomic mass is 35.5. The maximum atomic E-state index is 5.78. The molecule has 88 valence electrons. The Kier molecular flexibility index (Phi) is 3.31. The average Bonchev–Trinajstić information content (AvgIpc) is 2.22. The molecule has 0 aliphatic carbocycles. The number of hydrogen-bond donors (Lipinski definition) is 0. The van der Waals surface area contributed by atoms with Gasteiger partial charge in [-0.15, -0.1) is 0 Å². The van der Waals surface area contributed by atoms with E-state index in [1.807, 2.05) is 19.9 Å². The number of aromatic nitrogens is 3. The van der Waals surface area contributed by atoms with Crippen molar-refractivity contribution in [3.8, 4) is 11.4 Å². The number of hydrogen-bond acceptors (Lipinski definition) is 3. The Morgan fingerprint density at radius 3 is 1.88 bits per heavy atom. The van der Waals surface area contributed by atoms with Crippen LogP contribution in [-0.2, 0) is 0 Å². The molecule has 0 amide bonds. The Hall–Kier alpha value is -1.19. The molecule has 1 aromatic heterocycles. The lowest BCUT2D eigenvalue weighted by molar-refractivity contribution is 1.05. The molecule has 0 aliphatic rings. The summed E-state index contributed by atoms with van der Waals surface area (Å²) in [5, 5.41) is 0.218. The number of nitrogens with zero attached hydrogens (tertiary/aromatic N) is 3. The molecule has 0 aliphatic heterocycles. The molecule has 2 rings (SSSR count). The lowest BCUT2D eigenvalue weighted by atomic mass is 10.0. The largest absolute Gasteiger partial charge is 0.227 e. The third kappa shape index (κ3) is 2.56. The zero-order valence-electron chi connectivity index (χ0n) is 9.75. The topological polar surface area (TPSA) is 38.7 Å². The van der Waals surface area contributed by atoms with Gasteiger partial charge in [-0.3, -0.25) is 0 Å². The molecule has 0 spiro atoms. The molecule has 5 heteroatoms. The van der Waals surface area contributed by atoms with Crippen molar-refractivity contribution in [3.63, 3.8) is 0 Å². The summed E-state index contributed by atoms with van der Waals surface area (Å²) in [6.45, 7) is 6.12. The van der Waals surface area contributed by atoms with E-state index in [4.69, 9.17) is 23.2 Å². The summed E-state index contributed by atoms with van der Waals surface area (Å²) < 4.78 is 0. The molecule has 0 fully saturated rings. The van der Waals surface area contributed by atoms with Crippen LogP contribution in [-0.4, -0.2) is 15.0 Å². The molecule has 0 unspecified atom stereocenters. The smallest absolute Gasteiger partial charge is 0.198 e. The van der Waals surface area contributed by atoms with Crippen molar-refractivity contribution < 1.29 is 0 Å². The Bertz CT molecular complexity index is 562. The zero-order valence-corrected chi connectivity index (χ0v) is 11.3. The Morgan fingerprint density at radius 1 is 0.765 bits per heavy atom. The minimum atomic E-state index is 0.109. The molecular weight excluding hydrogens is 257 g/mol. The standard InChI is InChI=1S/C12H11Cl2N3/c1-6-4-8(3)9(5-7(6)2)10-15-11(13)17-12(14)16-10/h4-5H,1-3H3. The van der Waals surface area contributed by atoms with Crippen LogP contribution in [0, 0.1) is 20.8 Å². The van der Waals surface area contributed by atoms with Gasteiger partial charge in [-0.05, 0) is 66.7 Å². The number of halogens is 2. The van der Waals surface area contributed by atoms with Gasteiger partial charge in [0, 0.05) is 5.56 Å². The molecule has 1 heterocycles. The van der Waals surface area contributed by atoms with E-state index in [-0.39, 0.29) is 10.6 Å². The summed E-state index contributed by atoms with van der Waals surface area (Å²) in [7, 11) is 0. The number of rotatable bonds is 1. The Balaban J connectivity index is 2.64. The van der Waals surface area contributed by atoms with Gasteiger partial charge >= 0.3 is 0 Å². The molecule has 0 N–H and O–H groups in total. The van der Waals surface area contributed by atoms with E-state index in [1.54, 1.807) is 0 Å². The van der Waals surface area contributed by atoms with Gasteiger partial charge in [-0.25, -0.2) is 0 Å². The van der Waals surface area contributed by atoms with Crippen LogP contribution in [0.2, 0.25) is 10.6 Å². The molecule has 3 nitrogen and oxygen atoms in total. The summed E-state index contributed by atoms with van der Waals surface area (Å²) in [4.78, 5) is 11.9. The van der Waals surface area contributed by atoms with Crippen molar-refractivity contribution in [1.82, 2.24) is 15.0 Å². The predicted molar refractivity (Wildman–Crippen MR) is 69.5 cm³/mol. The average molecular weight is 268 g/mol. The van der Waals surface area contributed by atoms with Gasteiger partial charge in [0.05, 0.1) is 0 Å². The number of aryl methyl sites for hydroxylation is 3. The van der Waals surface area contributed by atoms with Crippen molar-refractivity contribution in [3.05, 3.63) is 39.4 Å². The number of benzene rings is 1. The highest BCUT2D eigenvalue weighted by Gasteiger charge is 2.10. The summed E-state index contributed by atoms with van der Waals surface area (Å²) >= 11 is 11.6. The highest BCUT2D eigenvalue weighted by Crippen LogP contribution is 2.24. The van der Waals surface area contributed by atoms with Crippen LogP contribution in [0.15, 0.2) is 12.1 Å². The summed E-state index contributed by atoms with van der Waals surface area (Å²) in [5.74, 6) is 0.510. The summed E-state index contributed by atoms with van der Waals surface area (Å²) in [5.41, 5.74) is 4.43. The molecule has 0 bridgehead atoms. The lowest BCUT2D eigenvalue weighted by Gasteiger charge is -2.08.